The number of anilines is 2. The van der Waals surface area contributed by atoms with Crippen molar-refractivity contribution in [3.05, 3.63) is 113 Å². The third-order valence-corrected chi connectivity index (χ3v) is 11.0. The number of nitrogen functional groups attached to an aromatic ring is 1. The van der Waals surface area contributed by atoms with Gasteiger partial charge >= 0.3 is 18.2 Å². The van der Waals surface area contributed by atoms with E-state index in [1.165, 1.54) is 21.7 Å². The molecule has 0 saturated carbocycles. The van der Waals surface area contributed by atoms with Gasteiger partial charge in [-0.25, -0.2) is 14.3 Å². The van der Waals surface area contributed by atoms with Crippen LogP contribution >= 0.6 is 0 Å². The van der Waals surface area contributed by atoms with Crippen LogP contribution in [0.2, 0.25) is 0 Å². The zero-order valence-corrected chi connectivity index (χ0v) is 33.0. The topological polar surface area (TPSA) is 158 Å². The van der Waals surface area contributed by atoms with Gasteiger partial charge in [0.15, 0.2) is 0 Å². The molecule has 2 atom stereocenters. The molecule has 0 radical (unpaired) electrons. The van der Waals surface area contributed by atoms with E-state index in [1.807, 2.05) is 54.3 Å². The molecule has 2 aliphatic heterocycles. The minimum Gasteiger partial charge on any atom is -0.464 e. The first-order chi connectivity index (χ1) is 28.3. The summed E-state index contributed by atoms with van der Waals surface area (Å²) in [6.45, 7) is 6.42. The number of nitrogens with zero attached hydrogens (tertiary/aromatic N) is 6. The van der Waals surface area contributed by atoms with Gasteiger partial charge in [-0.15, -0.1) is 0 Å². The summed E-state index contributed by atoms with van der Waals surface area (Å²) in [5.41, 5.74) is 9.92. The highest BCUT2D eigenvalue weighted by Gasteiger charge is 2.51. The molecule has 0 bridgehead atoms. The number of carbonyl (C=O) groups is 2. The smallest absolute Gasteiger partial charge is 0.429 e. The van der Waals surface area contributed by atoms with Gasteiger partial charge in [-0.2, -0.15) is 28.2 Å². The largest absolute Gasteiger partial charge is 0.464 e. The molecule has 2 aromatic heterocycles. The van der Waals surface area contributed by atoms with Gasteiger partial charge in [-0.1, -0.05) is 54.6 Å². The molecule has 4 heterocycles. The van der Waals surface area contributed by atoms with E-state index >= 15 is 13.2 Å². The average molecular weight is 814 g/mol. The Balaban J connectivity index is 1.12. The number of esters is 1. The van der Waals surface area contributed by atoms with E-state index in [0.29, 0.717) is 54.7 Å². The van der Waals surface area contributed by atoms with Crippen LogP contribution in [0.3, 0.4) is 0 Å². The second kappa shape index (κ2) is 17.0. The fourth-order valence-electron chi connectivity index (χ4n) is 7.87. The normalized spacial score (nSPS) is 16.9. The van der Waals surface area contributed by atoms with Crippen LogP contribution in [0.4, 0.5) is 29.7 Å². The molecule has 13 nitrogen and oxygen atoms in total. The van der Waals surface area contributed by atoms with Crippen molar-refractivity contribution in [2.75, 3.05) is 36.9 Å². The highest BCUT2D eigenvalue weighted by atomic mass is 19.4. The minimum atomic E-state index is -4.89. The molecule has 310 valence electrons. The van der Waals surface area contributed by atoms with Gasteiger partial charge in [0.1, 0.15) is 18.5 Å². The molecule has 3 aromatic carbocycles. The zero-order chi connectivity index (χ0) is 41.9. The third-order valence-electron chi connectivity index (χ3n) is 11.0. The lowest BCUT2D eigenvalue weighted by molar-refractivity contribution is -0.198. The van der Waals surface area contributed by atoms with Gasteiger partial charge in [0, 0.05) is 37.5 Å². The number of aryl methyl sites for hydroxylation is 2. The number of halogens is 3. The summed E-state index contributed by atoms with van der Waals surface area (Å²) in [6, 6.07) is 21.5. The van der Waals surface area contributed by atoms with Gasteiger partial charge in [0.05, 0.1) is 24.6 Å². The number of hydrogen-bond acceptors (Lipinski definition) is 11. The Labute approximate surface area is 339 Å². The van der Waals surface area contributed by atoms with Crippen LogP contribution in [0.15, 0.2) is 85.1 Å². The number of benzene rings is 3. The van der Waals surface area contributed by atoms with Crippen LogP contribution in [-0.4, -0.2) is 80.3 Å². The second-order valence-electron chi connectivity index (χ2n) is 15.1. The molecule has 59 heavy (non-hydrogen) atoms. The van der Waals surface area contributed by atoms with Gasteiger partial charge in [-0.05, 0) is 91.5 Å². The standard InChI is InChI=1S/C43H46F3N7O6/c1-4-57-39(55)35-23-42(26-52(35)41(56)58-25-29-8-6-5-7-9-29)15-18-51(19-16-42)36-22-37(49-40(47)48-36)59-38(43(44,45)46)33-13-12-31(21-34(33)53-17-14-28(3)50-53)30-11-10-27(2)32(20-30)24-54/h5-14,17,20-22,35,38,54H,4,15-16,18-19,23-26H2,1-3H3,(H2,47,48,49)/t35?,38-/m1/s1. The van der Waals surface area contributed by atoms with Crippen LogP contribution < -0.4 is 15.4 Å². The number of rotatable bonds is 11. The fraction of sp³-hybridized carbons (Fsp3) is 0.372. The molecular weight excluding hydrogens is 768 g/mol. The van der Waals surface area contributed by atoms with E-state index in [-0.39, 0.29) is 55.3 Å². The van der Waals surface area contributed by atoms with E-state index in [4.69, 9.17) is 19.9 Å². The minimum absolute atomic E-state index is 0.0520. The summed E-state index contributed by atoms with van der Waals surface area (Å²) >= 11 is 0. The maximum absolute atomic E-state index is 15.1. The zero-order valence-electron chi connectivity index (χ0n) is 33.0. The van der Waals surface area contributed by atoms with Crippen molar-refractivity contribution in [3.8, 4) is 22.7 Å². The van der Waals surface area contributed by atoms with Gasteiger partial charge < -0.3 is 30.0 Å². The number of alkyl halides is 3. The van der Waals surface area contributed by atoms with Crippen LogP contribution in [0.5, 0.6) is 5.88 Å². The van der Waals surface area contributed by atoms with Crippen molar-refractivity contribution in [1.82, 2.24) is 24.6 Å². The Kier molecular flexibility index (Phi) is 11.8. The Morgan fingerprint density at radius 1 is 0.966 bits per heavy atom. The second-order valence-corrected chi connectivity index (χ2v) is 15.1. The Morgan fingerprint density at radius 2 is 1.69 bits per heavy atom. The Morgan fingerprint density at radius 3 is 2.37 bits per heavy atom. The lowest BCUT2D eigenvalue weighted by atomic mass is 9.76. The maximum atomic E-state index is 15.1. The number of carbonyl (C=O) groups excluding carboxylic acids is 2. The molecule has 2 fully saturated rings. The molecule has 16 heteroatoms. The molecule has 2 aliphatic rings. The summed E-state index contributed by atoms with van der Waals surface area (Å²) in [5.74, 6) is -0.866. The van der Waals surface area contributed by atoms with E-state index in [9.17, 15) is 14.7 Å². The van der Waals surface area contributed by atoms with Crippen LogP contribution in [0.25, 0.3) is 16.8 Å². The number of aliphatic hydroxyl groups is 1. The van der Waals surface area contributed by atoms with Crippen LogP contribution in [0, 0.1) is 19.3 Å². The SMILES string of the molecule is CCOC(=O)C1CC2(CCN(c3cc(O[C@H](c4ccc(-c5ccc(C)c(CO)c5)cc4-n4ccc(C)n4)C(F)(F)F)nc(N)n3)CC2)CN1C(=O)OCc1ccccc1. The van der Waals surface area contributed by atoms with Crippen LogP contribution in [0.1, 0.15) is 60.2 Å². The first-order valence-electron chi connectivity index (χ1n) is 19.4. The molecule has 2 saturated heterocycles. The highest BCUT2D eigenvalue weighted by molar-refractivity contribution is 5.82. The van der Waals surface area contributed by atoms with E-state index in [1.54, 1.807) is 44.3 Å². The van der Waals surface area contributed by atoms with Crippen molar-refractivity contribution in [3.63, 3.8) is 0 Å². The van der Waals surface area contributed by atoms with Crippen molar-refractivity contribution in [2.24, 2.45) is 5.41 Å². The van der Waals surface area contributed by atoms with E-state index in [2.05, 4.69) is 15.1 Å². The number of likely N-dealkylation sites (tertiary alicyclic amines) is 1. The Bertz CT molecular complexity index is 2300. The van der Waals surface area contributed by atoms with Crippen molar-refractivity contribution >= 4 is 23.8 Å². The molecule has 1 unspecified atom stereocenters. The summed E-state index contributed by atoms with van der Waals surface area (Å²) in [7, 11) is 0. The summed E-state index contributed by atoms with van der Waals surface area (Å²) in [5, 5.41) is 14.3. The van der Waals surface area contributed by atoms with Gasteiger partial charge in [-0.3, -0.25) is 4.90 Å². The number of amides is 1. The van der Waals surface area contributed by atoms with Gasteiger partial charge in [0.25, 0.3) is 0 Å². The Hall–Kier alpha value is -6.16. The van der Waals surface area contributed by atoms with E-state index < -0.39 is 35.8 Å². The lowest BCUT2D eigenvalue weighted by Gasteiger charge is -2.39. The monoisotopic (exact) mass is 813 g/mol. The van der Waals surface area contributed by atoms with E-state index in [0.717, 1.165) is 11.1 Å². The third kappa shape index (κ3) is 9.12. The number of ether oxygens (including phenoxy) is 3. The number of aliphatic hydroxyl groups excluding tert-OH is 1. The number of hydrogen-bond donors (Lipinski definition) is 2. The number of nitrogens with two attached hydrogens (primary N) is 1. The predicted molar refractivity (Wildman–Crippen MR) is 213 cm³/mol. The maximum Gasteiger partial charge on any atom is 0.429 e. The quantitative estimate of drug-likeness (QED) is 0.129. The van der Waals surface area contributed by atoms with Crippen molar-refractivity contribution < 1.29 is 42.1 Å². The molecule has 5 aromatic rings. The summed E-state index contributed by atoms with van der Waals surface area (Å²) in [6.07, 6.45) is -4.95. The molecule has 1 spiro atoms. The first kappa shape index (κ1) is 41.0. The number of aromatic nitrogens is 4. The van der Waals surface area contributed by atoms with Crippen molar-refractivity contribution in [2.45, 2.75) is 71.6 Å². The summed E-state index contributed by atoms with van der Waals surface area (Å²) < 4.78 is 63.4. The lowest BCUT2D eigenvalue weighted by Crippen LogP contribution is -2.43. The highest BCUT2D eigenvalue weighted by Crippen LogP contribution is 2.46. The van der Waals surface area contributed by atoms with Gasteiger partial charge in [0.2, 0.25) is 17.9 Å². The van der Waals surface area contributed by atoms with Crippen molar-refractivity contribution in [1.29, 1.82) is 0 Å². The van der Waals surface area contributed by atoms with Crippen LogP contribution in [-0.2, 0) is 27.5 Å². The summed E-state index contributed by atoms with van der Waals surface area (Å²) in [4.78, 5) is 38.2. The molecule has 7 rings (SSSR count). The fourth-order valence-corrected chi connectivity index (χ4v) is 7.87. The predicted octanol–water partition coefficient (Wildman–Crippen LogP) is 7.26. The molecule has 3 N–H and O–H groups in total. The molecule has 0 aliphatic carbocycles. The molecule has 1 amide bonds. The number of piperidine rings is 1. The molecular formula is C43H46F3N7O6. The first-order valence-corrected chi connectivity index (χ1v) is 19.4. The average Bonchev–Trinajstić information content (AvgIpc) is 3.83.